The smallest absolute Gasteiger partial charge is 0.295 e. The second-order valence-electron chi connectivity index (χ2n) is 8.07. The van der Waals surface area contributed by atoms with Crippen LogP contribution in [0.15, 0.2) is 64.5 Å². The average Bonchev–Trinajstić information content (AvgIpc) is 3.38. The number of thioether (sulfide) groups is 1. The molecule has 1 amide bonds. The van der Waals surface area contributed by atoms with E-state index < -0.39 is 0 Å². The third-order valence-electron chi connectivity index (χ3n) is 5.70. The molecule has 4 aromatic rings. The van der Waals surface area contributed by atoms with Gasteiger partial charge in [-0.15, -0.1) is 10.2 Å². The number of carbonyl (C=O) groups is 1. The number of carbonyl (C=O) groups excluding carboxylic acids is 1. The molecule has 0 fully saturated rings. The maximum atomic E-state index is 13.0. The Morgan fingerprint density at radius 1 is 1.14 bits per heavy atom. The fourth-order valence-electron chi connectivity index (χ4n) is 3.79. The summed E-state index contributed by atoms with van der Waals surface area (Å²) in [7, 11) is 1.78. The molecule has 1 unspecified atom stereocenters. The number of benzene rings is 2. The van der Waals surface area contributed by atoms with E-state index in [0.717, 1.165) is 5.69 Å². The van der Waals surface area contributed by atoms with Crippen molar-refractivity contribution in [2.45, 2.75) is 38.6 Å². The Labute approximate surface area is 218 Å². The predicted molar refractivity (Wildman–Crippen MR) is 141 cm³/mol. The summed E-state index contributed by atoms with van der Waals surface area (Å²) < 4.78 is 11.1. The first-order chi connectivity index (χ1) is 17.3. The van der Waals surface area contributed by atoms with Crippen molar-refractivity contribution < 1.29 is 9.53 Å². The molecular formula is C25H27ClN6O3S. The van der Waals surface area contributed by atoms with Crippen molar-refractivity contribution in [3.63, 3.8) is 0 Å². The Bertz CT molecular complexity index is 1410. The normalized spacial score (nSPS) is 11.9. The van der Waals surface area contributed by atoms with Crippen LogP contribution in [0.25, 0.3) is 5.69 Å². The number of ether oxygens (including phenoxy) is 1. The average molecular weight is 527 g/mol. The molecule has 11 heteroatoms. The SMILES string of the molecule is CCn1c(SCC(=O)Nc2c(C)n(C)n(-c3ccccc3)c2=O)nnc1C(C)Oc1ccc(Cl)cc1. The van der Waals surface area contributed by atoms with Crippen LogP contribution < -0.4 is 15.6 Å². The molecule has 0 aliphatic heterocycles. The summed E-state index contributed by atoms with van der Waals surface area (Å²) >= 11 is 7.20. The summed E-state index contributed by atoms with van der Waals surface area (Å²) in [5, 5.41) is 12.6. The van der Waals surface area contributed by atoms with Crippen molar-refractivity contribution in [3.8, 4) is 11.4 Å². The molecule has 1 atom stereocenters. The topological polar surface area (TPSA) is 96.0 Å². The van der Waals surface area contributed by atoms with Gasteiger partial charge in [-0.1, -0.05) is 41.6 Å². The minimum atomic E-state index is -0.356. The van der Waals surface area contributed by atoms with Crippen LogP contribution in [0.3, 0.4) is 0 Å². The molecule has 0 saturated heterocycles. The van der Waals surface area contributed by atoms with Gasteiger partial charge < -0.3 is 14.6 Å². The van der Waals surface area contributed by atoms with Crippen molar-refractivity contribution >= 4 is 35.0 Å². The summed E-state index contributed by atoms with van der Waals surface area (Å²) in [4.78, 5) is 25.8. The summed E-state index contributed by atoms with van der Waals surface area (Å²) in [5.74, 6) is 1.10. The lowest BCUT2D eigenvalue weighted by molar-refractivity contribution is -0.113. The molecule has 9 nitrogen and oxygen atoms in total. The first-order valence-corrected chi connectivity index (χ1v) is 12.8. The van der Waals surface area contributed by atoms with Gasteiger partial charge in [0.1, 0.15) is 11.4 Å². The molecule has 0 radical (unpaired) electrons. The molecule has 2 heterocycles. The second-order valence-corrected chi connectivity index (χ2v) is 9.45. The van der Waals surface area contributed by atoms with Gasteiger partial charge in [-0.2, -0.15) is 0 Å². The highest BCUT2D eigenvalue weighted by molar-refractivity contribution is 7.99. The van der Waals surface area contributed by atoms with Gasteiger partial charge in [0.05, 0.1) is 17.1 Å². The van der Waals surface area contributed by atoms with Crippen molar-refractivity contribution in [3.05, 3.63) is 81.5 Å². The molecule has 0 spiro atoms. The fourth-order valence-corrected chi connectivity index (χ4v) is 4.73. The number of nitrogens with one attached hydrogen (secondary N) is 1. The van der Waals surface area contributed by atoms with Crippen LogP contribution in [-0.2, 0) is 18.4 Å². The lowest BCUT2D eigenvalue weighted by Gasteiger charge is -2.15. The first kappa shape index (κ1) is 25.6. The lowest BCUT2D eigenvalue weighted by atomic mass is 10.3. The van der Waals surface area contributed by atoms with Crippen molar-refractivity contribution in [1.82, 2.24) is 24.1 Å². The van der Waals surface area contributed by atoms with Gasteiger partial charge in [0, 0.05) is 18.6 Å². The summed E-state index contributed by atoms with van der Waals surface area (Å²) in [6.07, 6.45) is -0.356. The number of para-hydroxylation sites is 1. The van der Waals surface area contributed by atoms with Crippen LogP contribution in [0.2, 0.25) is 5.02 Å². The van der Waals surface area contributed by atoms with E-state index in [1.807, 2.05) is 48.7 Å². The molecule has 0 aliphatic carbocycles. The van der Waals surface area contributed by atoms with Crippen LogP contribution in [0.1, 0.15) is 31.5 Å². The number of hydrogen-bond donors (Lipinski definition) is 1. The van der Waals surface area contributed by atoms with Gasteiger partial charge in [0.2, 0.25) is 5.91 Å². The Hall–Kier alpha value is -3.50. The fraction of sp³-hybridized carbons (Fsp3) is 0.280. The largest absolute Gasteiger partial charge is 0.483 e. The number of hydrogen-bond acceptors (Lipinski definition) is 6. The number of nitrogens with zero attached hydrogens (tertiary/aromatic N) is 5. The summed E-state index contributed by atoms with van der Waals surface area (Å²) in [5.41, 5.74) is 1.36. The van der Waals surface area contributed by atoms with Gasteiger partial charge in [0.15, 0.2) is 17.1 Å². The molecule has 0 aliphatic rings. The highest BCUT2D eigenvalue weighted by Crippen LogP contribution is 2.25. The zero-order valence-corrected chi connectivity index (χ0v) is 22.0. The van der Waals surface area contributed by atoms with Gasteiger partial charge in [-0.25, -0.2) is 4.68 Å². The number of rotatable bonds is 9. The van der Waals surface area contributed by atoms with Crippen molar-refractivity contribution in [2.75, 3.05) is 11.1 Å². The van der Waals surface area contributed by atoms with Gasteiger partial charge >= 0.3 is 0 Å². The van der Waals surface area contributed by atoms with E-state index in [9.17, 15) is 9.59 Å². The second kappa shape index (κ2) is 11.0. The van der Waals surface area contributed by atoms with Crippen LogP contribution in [0, 0.1) is 6.92 Å². The van der Waals surface area contributed by atoms with Crippen LogP contribution in [0.5, 0.6) is 5.75 Å². The minimum Gasteiger partial charge on any atom is -0.483 e. The molecule has 2 aromatic heterocycles. The third kappa shape index (κ3) is 5.34. The predicted octanol–water partition coefficient (Wildman–Crippen LogP) is 4.62. The zero-order valence-electron chi connectivity index (χ0n) is 20.4. The maximum Gasteiger partial charge on any atom is 0.295 e. The quantitative estimate of drug-likeness (QED) is 0.320. The highest BCUT2D eigenvalue weighted by atomic mass is 35.5. The van der Waals surface area contributed by atoms with E-state index in [-0.39, 0.29) is 29.0 Å². The molecule has 0 bridgehead atoms. The molecule has 2 aromatic carbocycles. The zero-order chi connectivity index (χ0) is 25.8. The minimum absolute atomic E-state index is 0.0731. The van der Waals surface area contributed by atoms with Gasteiger partial charge in [-0.3, -0.25) is 14.3 Å². The van der Waals surface area contributed by atoms with Gasteiger partial charge in [0.25, 0.3) is 5.56 Å². The van der Waals surface area contributed by atoms with E-state index in [1.165, 1.54) is 16.4 Å². The number of amides is 1. The molecule has 4 rings (SSSR count). The third-order valence-corrected chi connectivity index (χ3v) is 6.92. The first-order valence-electron chi connectivity index (χ1n) is 11.4. The monoisotopic (exact) mass is 526 g/mol. The summed E-state index contributed by atoms with van der Waals surface area (Å²) in [6.45, 7) is 6.28. The standard InChI is InChI=1S/C25H27ClN6O3S/c1-5-31-23(17(3)35-20-13-11-18(26)12-14-20)28-29-25(31)36-15-21(33)27-22-16(2)30(4)32(24(22)34)19-9-7-6-8-10-19/h6-14,17H,5,15H2,1-4H3,(H,27,33). The molecule has 188 valence electrons. The van der Waals surface area contributed by atoms with Crippen LogP contribution in [-0.4, -0.2) is 35.8 Å². The van der Waals surface area contributed by atoms with Crippen LogP contribution in [0.4, 0.5) is 5.69 Å². The Balaban J connectivity index is 1.44. The van der Waals surface area contributed by atoms with E-state index in [2.05, 4.69) is 15.5 Å². The Morgan fingerprint density at radius 3 is 2.50 bits per heavy atom. The number of halogens is 1. The Morgan fingerprint density at radius 2 is 1.83 bits per heavy atom. The van der Waals surface area contributed by atoms with E-state index in [4.69, 9.17) is 16.3 Å². The molecule has 36 heavy (non-hydrogen) atoms. The lowest BCUT2D eigenvalue weighted by Crippen LogP contribution is -2.23. The summed E-state index contributed by atoms with van der Waals surface area (Å²) in [6, 6.07) is 16.4. The van der Waals surface area contributed by atoms with Crippen molar-refractivity contribution in [2.24, 2.45) is 7.05 Å². The molecule has 1 N–H and O–H groups in total. The van der Waals surface area contributed by atoms with Crippen LogP contribution >= 0.6 is 23.4 Å². The van der Waals surface area contributed by atoms with Crippen molar-refractivity contribution in [1.29, 1.82) is 0 Å². The maximum absolute atomic E-state index is 13.0. The van der Waals surface area contributed by atoms with E-state index in [1.54, 1.807) is 42.9 Å². The van der Waals surface area contributed by atoms with Gasteiger partial charge in [-0.05, 0) is 57.2 Å². The molecular weight excluding hydrogens is 500 g/mol. The van der Waals surface area contributed by atoms with E-state index >= 15 is 0 Å². The number of anilines is 1. The van der Waals surface area contributed by atoms with E-state index in [0.29, 0.717) is 34.0 Å². The number of aromatic nitrogens is 5. The molecule has 0 saturated carbocycles. The highest BCUT2D eigenvalue weighted by Gasteiger charge is 2.21. The Kier molecular flexibility index (Phi) is 7.85.